The Bertz CT molecular complexity index is 1090. The lowest BCUT2D eigenvalue weighted by atomic mass is 10.1. The van der Waals surface area contributed by atoms with Crippen molar-refractivity contribution >= 4 is 40.7 Å². The molecule has 2 heterocycles. The van der Waals surface area contributed by atoms with Gasteiger partial charge in [0.25, 0.3) is 5.56 Å². The van der Waals surface area contributed by atoms with Crippen LogP contribution in [0.25, 0.3) is 0 Å². The molecule has 8 nitrogen and oxygen atoms in total. The highest BCUT2D eigenvalue weighted by atomic mass is 32.2. The van der Waals surface area contributed by atoms with Gasteiger partial charge in [0.15, 0.2) is 4.34 Å². The molecule has 0 radical (unpaired) electrons. The number of nitrogens with one attached hydrogen (secondary N) is 2. The topological polar surface area (TPSA) is 122 Å². The molecule has 0 aliphatic carbocycles. The van der Waals surface area contributed by atoms with Crippen LogP contribution in [0, 0.1) is 6.92 Å². The Kier molecular flexibility index (Phi) is 6.17. The molecule has 4 N–H and O–H groups in total. The highest BCUT2D eigenvalue weighted by Gasteiger charge is 2.33. The van der Waals surface area contributed by atoms with Crippen LogP contribution >= 0.6 is 23.1 Å². The van der Waals surface area contributed by atoms with E-state index in [1.54, 1.807) is 0 Å². The first kappa shape index (κ1) is 20.8. The number of hydrogen-bond donors (Lipinski definition) is 3. The van der Waals surface area contributed by atoms with Crippen molar-refractivity contribution in [2.45, 2.75) is 23.2 Å². The van der Waals surface area contributed by atoms with E-state index in [2.05, 4.69) is 30.5 Å². The highest BCUT2D eigenvalue weighted by Crippen LogP contribution is 2.34. The number of aryl methyl sites for hydroxylation is 1. The number of hydrogen-bond acceptors (Lipinski definition) is 7. The molecule has 0 amide bonds. The predicted octanol–water partition coefficient (Wildman–Crippen LogP) is 3.30. The summed E-state index contributed by atoms with van der Waals surface area (Å²) in [5.74, 6) is -0.142. The predicted molar refractivity (Wildman–Crippen MR) is 105 cm³/mol. The zero-order valence-electron chi connectivity index (χ0n) is 14.8. The van der Waals surface area contributed by atoms with Gasteiger partial charge in [-0.2, -0.15) is 18.2 Å². The van der Waals surface area contributed by atoms with Crippen LogP contribution in [0.2, 0.25) is 0 Å². The molecule has 0 bridgehead atoms. The van der Waals surface area contributed by atoms with E-state index in [9.17, 15) is 18.0 Å². The Morgan fingerprint density at radius 2 is 2.10 bits per heavy atom. The van der Waals surface area contributed by atoms with Crippen LogP contribution < -0.4 is 16.6 Å². The average Bonchev–Trinajstić information content (AvgIpc) is 3.04. The first-order valence-electron chi connectivity index (χ1n) is 8.01. The Morgan fingerprint density at radius 3 is 2.79 bits per heavy atom. The number of alkyl halides is 3. The fourth-order valence-electron chi connectivity index (χ4n) is 2.21. The third-order valence-electron chi connectivity index (χ3n) is 3.35. The first-order chi connectivity index (χ1) is 13.7. The molecule has 2 aromatic heterocycles. The van der Waals surface area contributed by atoms with Gasteiger partial charge >= 0.3 is 6.18 Å². The van der Waals surface area contributed by atoms with Gasteiger partial charge in [-0.05, 0) is 19.1 Å². The molecule has 0 saturated carbocycles. The molecule has 0 saturated heterocycles. The molecular formula is C16H14F3N7OS2. The van der Waals surface area contributed by atoms with Gasteiger partial charge in [0, 0.05) is 11.8 Å². The molecule has 0 fully saturated rings. The fraction of sp³-hybridized carbons (Fsp3) is 0.188. The molecule has 152 valence electrons. The van der Waals surface area contributed by atoms with Gasteiger partial charge in [-0.15, -0.1) is 10.2 Å². The van der Waals surface area contributed by atoms with Crippen LogP contribution in [0.4, 0.5) is 24.8 Å². The summed E-state index contributed by atoms with van der Waals surface area (Å²) in [6.45, 7) is 1.83. The molecule has 0 aliphatic heterocycles. The largest absolute Gasteiger partial charge is 0.418 e. The number of nitrogens with two attached hydrogens (primary N) is 1. The van der Waals surface area contributed by atoms with Crippen LogP contribution in [-0.2, 0) is 11.9 Å². The Labute approximate surface area is 170 Å². The maximum atomic E-state index is 13.1. The fourth-order valence-corrected chi connectivity index (χ4v) is 3.92. The van der Waals surface area contributed by atoms with Gasteiger partial charge in [0.1, 0.15) is 5.01 Å². The normalized spacial score (nSPS) is 12.2. The van der Waals surface area contributed by atoms with Crippen molar-refractivity contribution in [2.24, 2.45) is 10.7 Å². The number of benzene rings is 1. The number of aromatic nitrogens is 4. The van der Waals surface area contributed by atoms with Crippen molar-refractivity contribution in [2.75, 3.05) is 5.32 Å². The lowest BCUT2D eigenvalue weighted by Gasteiger charge is -2.13. The van der Waals surface area contributed by atoms with Crippen LogP contribution in [0.1, 0.15) is 16.3 Å². The summed E-state index contributed by atoms with van der Waals surface area (Å²) < 4.78 is 39.9. The summed E-state index contributed by atoms with van der Waals surface area (Å²) in [4.78, 5) is 22.3. The molecule has 29 heavy (non-hydrogen) atoms. The number of halogens is 3. The third kappa shape index (κ3) is 5.77. The molecule has 0 spiro atoms. The molecule has 1 aromatic carbocycles. The van der Waals surface area contributed by atoms with Gasteiger partial charge in [-0.1, -0.05) is 35.2 Å². The van der Waals surface area contributed by atoms with Crippen molar-refractivity contribution in [3.8, 4) is 0 Å². The number of aromatic amines is 1. The molecular weight excluding hydrogens is 427 g/mol. The maximum Gasteiger partial charge on any atom is 0.418 e. The Hall–Kier alpha value is -2.93. The highest BCUT2D eigenvalue weighted by molar-refractivity contribution is 8.00. The van der Waals surface area contributed by atoms with Crippen molar-refractivity contribution in [3.05, 3.63) is 57.0 Å². The summed E-state index contributed by atoms with van der Waals surface area (Å²) in [6.07, 6.45) is -4.56. The molecule has 0 aliphatic rings. The van der Waals surface area contributed by atoms with Crippen molar-refractivity contribution in [1.29, 1.82) is 0 Å². The van der Waals surface area contributed by atoms with Crippen molar-refractivity contribution in [3.63, 3.8) is 0 Å². The van der Waals surface area contributed by atoms with Crippen molar-refractivity contribution < 1.29 is 13.2 Å². The van der Waals surface area contributed by atoms with Crippen LogP contribution in [0.5, 0.6) is 0 Å². The minimum atomic E-state index is -4.56. The number of thioether (sulfide) groups is 1. The number of para-hydroxylation sites is 1. The van der Waals surface area contributed by atoms with E-state index in [1.165, 1.54) is 47.4 Å². The van der Waals surface area contributed by atoms with Gasteiger partial charge in [-0.25, -0.2) is 4.98 Å². The monoisotopic (exact) mass is 441 g/mol. The minimum Gasteiger partial charge on any atom is -0.369 e. The number of anilines is 1. The summed E-state index contributed by atoms with van der Waals surface area (Å²) in [6, 6.07) is 6.13. The number of guanidine groups is 1. The van der Waals surface area contributed by atoms with Gasteiger partial charge in [-0.3, -0.25) is 9.78 Å². The van der Waals surface area contributed by atoms with E-state index < -0.39 is 17.3 Å². The molecule has 13 heteroatoms. The summed E-state index contributed by atoms with van der Waals surface area (Å²) >= 11 is 2.76. The molecule has 0 atom stereocenters. The Morgan fingerprint density at radius 1 is 1.34 bits per heavy atom. The van der Waals surface area contributed by atoms with E-state index in [0.29, 0.717) is 11.4 Å². The van der Waals surface area contributed by atoms with Gasteiger partial charge in [0.2, 0.25) is 11.9 Å². The zero-order valence-corrected chi connectivity index (χ0v) is 16.5. The average molecular weight is 441 g/mol. The molecule has 0 unspecified atom stereocenters. The second-order valence-electron chi connectivity index (χ2n) is 5.60. The second-order valence-corrected chi connectivity index (χ2v) is 8.01. The Balaban J connectivity index is 1.77. The third-order valence-corrected chi connectivity index (χ3v) is 5.36. The van der Waals surface area contributed by atoms with Crippen LogP contribution in [0.15, 0.2) is 44.5 Å². The van der Waals surface area contributed by atoms with E-state index in [0.717, 1.165) is 15.4 Å². The smallest absolute Gasteiger partial charge is 0.369 e. The maximum absolute atomic E-state index is 13.1. The van der Waals surface area contributed by atoms with Crippen LogP contribution in [-0.4, -0.2) is 26.1 Å². The van der Waals surface area contributed by atoms with E-state index >= 15 is 0 Å². The molecule has 3 aromatic rings. The quantitative estimate of drug-likeness (QED) is 0.315. The number of aliphatic imine (C=N–C) groups is 1. The zero-order chi connectivity index (χ0) is 21.0. The van der Waals surface area contributed by atoms with E-state index in [4.69, 9.17) is 5.73 Å². The number of H-pyrrole nitrogens is 1. The van der Waals surface area contributed by atoms with Crippen LogP contribution in [0.3, 0.4) is 0 Å². The van der Waals surface area contributed by atoms with Gasteiger partial charge < -0.3 is 11.1 Å². The van der Waals surface area contributed by atoms with Gasteiger partial charge in [0.05, 0.1) is 16.9 Å². The number of rotatable bonds is 5. The second kappa shape index (κ2) is 8.61. The summed E-state index contributed by atoms with van der Waals surface area (Å²) in [5, 5.41) is 11.1. The van der Waals surface area contributed by atoms with E-state index in [1.807, 2.05) is 6.92 Å². The lowest BCUT2D eigenvalue weighted by Crippen LogP contribution is -2.24. The minimum absolute atomic E-state index is 0.129. The standard InChI is InChI=1S/C16H14F3N7OS2/c1-8-25-26-15(29-8)28-7-9-6-12(27)23-14(21-9)24-13(20)22-11-5-3-2-4-10(11)16(17,18)19/h2-6H,7H2,1H3,(H4,20,21,22,23,24,27). The summed E-state index contributed by atoms with van der Waals surface area (Å²) in [7, 11) is 0. The first-order valence-corrected chi connectivity index (χ1v) is 9.81. The van der Waals surface area contributed by atoms with Crippen molar-refractivity contribution in [1.82, 2.24) is 20.2 Å². The van der Waals surface area contributed by atoms with E-state index in [-0.39, 0.29) is 17.6 Å². The SMILES string of the molecule is Cc1nnc(SCc2cc(=O)[nH]c(N=C(N)Nc3ccccc3C(F)(F)F)n2)s1. The number of nitrogens with zero attached hydrogens (tertiary/aromatic N) is 4. The molecule has 3 rings (SSSR count). The lowest BCUT2D eigenvalue weighted by molar-refractivity contribution is -0.136. The summed E-state index contributed by atoms with van der Waals surface area (Å²) in [5.41, 5.74) is 4.50.